The van der Waals surface area contributed by atoms with Crippen molar-refractivity contribution in [3.8, 4) is 5.75 Å². The Hall–Kier alpha value is -3.04. The minimum Gasteiger partial charge on any atom is -0.497 e. The molecule has 9 heteroatoms. The summed E-state index contributed by atoms with van der Waals surface area (Å²) in [4.78, 5) is 26.1. The van der Waals surface area contributed by atoms with Crippen molar-refractivity contribution in [2.24, 2.45) is 0 Å². The highest BCUT2D eigenvalue weighted by Gasteiger charge is 2.25. The van der Waals surface area contributed by atoms with Crippen molar-refractivity contribution in [3.05, 3.63) is 65.6 Å². The molecular formula is C26H33N5O3S. The summed E-state index contributed by atoms with van der Waals surface area (Å²) in [5.41, 5.74) is 3.86. The van der Waals surface area contributed by atoms with Crippen LogP contribution >= 0.6 is 12.6 Å². The van der Waals surface area contributed by atoms with Gasteiger partial charge in [-0.2, -0.15) is 0 Å². The number of thiol groups is 1. The maximum atomic E-state index is 12.6. The van der Waals surface area contributed by atoms with Gasteiger partial charge in [0.15, 0.2) is 5.69 Å². The van der Waals surface area contributed by atoms with E-state index in [2.05, 4.69) is 32.8 Å². The van der Waals surface area contributed by atoms with E-state index < -0.39 is 0 Å². The van der Waals surface area contributed by atoms with Crippen LogP contribution in [0.2, 0.25) is 0 Å². The van der Waals surface area contributed by atoms with Crippen molar-refractivity contribution >= 4 is 24.2 Å². The summed E-state index contributed by atoms with van der Waals surface area (Å²) in [6, 6.07) is 8.55. The molecule has 8 nitrogen and oxygen atoms in total. The molecule has 1 N–H and O–H groups in total. The van der Waals surface area contributed by atoms with E-state index in [1.165, 1.54) is 19.1 Å². The van der Waals surface area contributed by atoms with E-state index in [-0.39, 0.29) is 5.91 Å². The lowest BCUT2D eigenvalue weighted by molar-refractivity contribution is 0.0740. The van der Waals surface area contributed by atoms with Gasteiger partial charge in [-0.1, -0.05) is 0 Å². The highest BCUT2D eigenvalue weighted by atomic mass is 32.1. The fourth-order valence-corrected chi connectivity index (χ4v) is 4.06. The summed E-state index contributed by atoms with van der Waals surface area (Å²) >= 11 is 4.34. The highest BCUT2D eigenvalue weighted by Crippen LogP contribution is 2.24. The molecule has 1 amide bonds. The van der Waals surface area contributed by atoms with Crippen molar-refractivity contribution in [1.82, 2.24) is 20.2 Å². The van der Waals surface area contributed by atoms with Gasteiger partial charge in [0.1, 0.15) is 12.0 Å². The number of benzene rings is 1. The fourth-order valence-electron chi connectivity index (χ4n) is 3.93. The second kappa shape index (κ2) is 11.6. The summed E-state index contributed by atoms with van der Waals surface area (Å²) in [6.07, 6.45) is 7.49. The maximum absolute atomic E-state index is 12.6. The smallest absolute Gasteiger partial charge is 0.275 e. The number of nitrogens with one attached hydrogen (secondary N) is 1. The van der Waals surface area contributed by atoms with Crippen molar-refractivity contribution < 1.29 is 13.9 Å². The Balaban J connectivity index is 0.000000221. The van der Waals surface area contributed by atoms with Crippen LogP contribution in [0.1, 0.15) is 40.3 Å². The van der Waals surface area contributed by atoms with Gasteiger partial charge in [-0.05, 0) is 62.1 Å². The Labute approximate surface area is 212 Å². The van der Waals surface area contributed by atoms with Gasteiger partial charge in [-0.3, -0.25) is 9.78 Å². The number of pyridine rings is 1. The van der Waals surface area contributed by atoms with Gasteiger partial charge in [0.05, 0.1) is 13.7 Å². The number of ether oxygens (including phenoxy) is 1. The molecule has 1 aliphatic carbocycles. The zero-order valence-corrected chi connectivity index (χ0v) is 21.4. The lowest BCUT2D eigenvalue weighted by Gasteiger charge is -2.35. The number of aromatic nitrogens is 2. The Bertz CT molecular complexity index is 1100. The van der Waals surface area contributed by atoms with Crippen LogP contribution in [0.15, 0.2) is 52.2 Å². The molecule has 1 saturated heterocycles. The summed E-state index contributed by atoms with van der Waals surface area (Å²) in [7, 11) is 1.67. The van der Waals surface area contributed by atoms with Gasteiger partial charge in [0.25, 0.3) is 5.91 Å². The van der Waals surface area contributed by atoms with E-state index in [1.54, 1.807) is 19.5 Å². The molecule has 3 heterocycles. The molecule has 2 fully saturated rings. The Morgan fingerprint density at radius 3 is 2.40 bits per heavy atom. The fraction of sp³-hybridized carbons (Fsp3) is 0.423. The molecule has 3 aromatic rings. The number of aryl methyl sites for hydroxylation is 2. The molecule has 5 rings (SSSR count). The van der Waals surface area contributed by atoms with Crippen molar-refractivity contribution in [1.29, 1.82) is 0 Å². The van der Waals surface area contributed by atoms with Gasteiger partial charge in [-0.25, -0.2) is 4.98 Å². The summed E-state index contributed by atoms with van der Waals surface area (Å²) in [5.74, 6) is 1.43. The largest absolute Gasteiger partial charge is 0.497 e. The lowest BCUT2D eigenvalue weighted by atomic mass is 10.1. The Morgan fingerprint density at radius 2 is 1.80 bits per heavy atom. The number of amides is 1. The molecule has 2 aromatic heterocycles. The minimum atomic E-state index is -0.0502. The molecule has 0 radical (unpaired) electrons. The Kier molecular flexibility index (Phi) is 8.30. The van der Waals surface area contributed by atoms with E-state index in [0.29, 0.717) is 37.3 Å². The molecule has 1 aromatic carbocycles. The molecule has 35 heavy (non-hydrogen) atoms. The van der Waals surface area contributed by atoms with Crippen LogP contribution < -0.4 is 15.0 Å². The van der Waals surface area contributed by atoms with Crippen molar-refractivity contribution in [3.63, 3.8) is 0 Å². The van der Waals surface area contributed by atoms with E-state index in [9.17, 15) is 4.79 Å². The topological polar surface area (TPSA) is 83.7 Å². The molecule has 1 saturated carbocycles. The number of carbonyl (C=O) groups excluding carboxylic acids is 1. The molecule has 0 bridgehead atoms. The second-order valence-electron chi connectivity index (χ2n) is 8.88. The third kappa shape index (κ3) is 6.76. The van der Waals surface area contributed by atoms with E-state index in [4.69, 9.17) is 9.15 Å². The van der Waals surface area contributed by atoms with Gasteiger partial charge < -0.3 is 24.3 Å². The van der Waals surface area contributed by atoms with E-state index in [1.807, 2.05) is 43.0 Å². The first-order valence-corrected chi connectivity index (χ1v) is 12.4. The minimum absolute atomic E-state index is 0.0502. The zero-order valence-electron chi connectivity index (χ0n) is 20.5. The first-order valence-electron chi connectivity index (χ1n) is 11.9. The van der Waals surface area contributed by atoms with Gasteiger partial charge >= 0.3 is 0 Å². The van der Waals surface area contributed by atoms with Gasteiger partial charge in [0.2, 0.25) is 5.89 Å². The number of oxazole rings is 1. The monoisotopic (exact) mass is 495 g/mol. The number of hydrogen-bond donors (Lipinski definition) is 2. The molecule has 0 atom stereocenters. The van der Waals surface area contributed by atoms with Crippen molar-refractivity contribution in [2.75, 3.05) is 38.2 Å². The molecule has 1 aliphatic heterocycles. The number of hydrogen-bond acceptors (Lipinski definition) is 8. The third-order valence-corrected chi connectivity index (χ3v) is 6.89. The lowest BCUT2D eigenvalue weighted by Crippen LogP contribution is -2.48. The van der Waals surface area contributed by atoms with Crippen molar-refractivity contribution in [2.45, 2.75) is 44.2 Å². The summed E-state index contributed by atoms with van der Waals surface area (Å²) in [6.45, 7) is 7.63. The molecule has 0 spiro atoms. The number of carbonyl (C=O) groups is 1. The number of piperazine rings is 1. The van der Waals surface area contributed by atoms with Crippen LogP contribution in [0.5, 0.6) is 5.75 Å². The average molecular weight is 496 g/mol. The quantitative estimate of drug-likeness (QED) is 0.502. The van der Waals surface area contributed by atoms with Crippen LogP contribution in [0.3, 0.4) is 0 Å². The SMILES string of the molecule is COc1cc(C)c(S)c(C)c1.O=C(c1coc(CNC2CC2)n1)N1CCN(c2ccncc2)CC1. The van der Waals surface area contributed by atoms with Crippen LogP contribution in [-0.2, 0) is 6.54 Å². The van der Waals surface area contributed by atoms with E-state index >= 15 is 0 Å². The van der Waals surface area contributed by atoms with Gasteiger partial charge in [0, 0.05) is 55.2 Å². The Morgan fingerprint density at radius 1 is 1.14 bits per heavy atom. The second-order valence-corrected chi connectivity index (χ2v) is 9.32. The number of rotatable bonds is 6. The molecule has 186 valence electrons. The zero-order chi connectivity index (χ0) is 24.8. The standard InChI is InChI=1S/C17H21N5O2.C9H12OS/c23-17(15-12-24-16(20-15)11-19-13-1-2-13)22-9-7-21(8-10-22)14-3-5-18-6-4-14;1-6-4-8(10-3)5-7(2)9(6)11/h3-6,12-13,19H,1-2,7-11H2;4-5,11H,1-3H3. The first-order chi connectivity index (χ1) is 16.9. The number of nitrogens with zero attached hydrogens (tertiary/aromatic N) is 4. The first kappa shape index (κ1) is 25.1. The molecular weight excluding hydrogens is 462 g/mol. The predicted octanol–water partition coefficient (Wildman–Crippen LogP) is 3.88. The van der Waals surface area contributed by atoms with Crippen LogP contribution in [0.4, 0.5) is 5.69 Å². The summed E-state index contributed by atoms with van der Waals surface area (Å²) < 4.78 is 10.5. The third-order valence-electron chi connectivity index (χ3n) is 6.19. The van der Waals surface area contributed by atoms with Crippen LogP contribution in [-0.4, -0.2) is 60.1 Å². The van der Waals surface area contributed by atoms with Gasteiger partial charge in [-0.15, -0.1) is 12.6 Å². The molecule has 0 unspecified atom stereocenters. The molecule has 2 aliphatic rings. The van der Waals surface area contributed by atoms with E-state index in [0.717, 1.165) is 40.5 Å². The highest BCUT2D eigenvalue weighted by molar-refractivity contribution is 7.80. The summed E-state index contributed by atoms with van der Waals surface area (Å²) in [5, 5.41) is 3.34. The number of methoxy groups -OCH3 is 1. The predicted molar refractivity (Wildman–Crippen MR) is 138 cm³/mol. The average Bonchev–Trinajstić information content (AvgIpc) is 3.61. The van der Waals surface area contributed by atoms with Crippen LogP contribution in [0, 0.1) is 13.8 Å². The number of anilines is 1. The normalized spacial score (nSPS) is 15.4. The maximum Gasteiger partial charge on any atom is 0.275 e. The van der Waals surface area contributed by atoms with Crippen LogP contribution in [0.25, 0.3) is 0 Å².